The van der Waals surface area contributed by atoms with Gasteiger partial charge in [-0.25, -0.2) is 4.39 Å². The van der Waals surface area contributed by atoms with Crippen molar-refractivity contribution in [3.8, 4) is 22.6 Å². The minimum absolute atomic E-state index is 0.274. The summed E-state index contributed by atoms with van der Waals surface area (Å²) >= 11 is 0. The first-order chi connectivity index (χ1) is 9.29. The summed E-state index contributed by atoms with van der Waals surface area (Å²) in [6.45, 7) is 0.710. The zero-order valence-corrected chi connectivity index (χ0v) is 10.8. The molecule has 0 atom stereocenters. The number of aryl methyl sites for hydroxylation is 1. The Labute approximate surface area is 111 Å². The number of hydrogen-bond donors (Lipinski definition) is 0. The summed E-state index contributed by atoms with van der Waals surface area (Å²) in [4.78, 5) is 0. The fourth-order valence-electron chi connectivity index (χ4n) is 2.49. The Morgan fingerprint density at radius 3 is 2.89 bits per heavy atom. The van der Waals surface area contributed by atoms with Crippen molar-refractivity contribution in [1.29, 1.82) is 0 Å². The van der Waals surface area contributed by atoms with Gasteiger partial charge in [-0.05, 0) is 36.6 Å². The van der Waals surface area contributed by atoms with Crippen molar-refractivity contribution < 1.29 is 13.9 Å². The van der Waals surface area contributed by atoms with Gasteiger partial charge in [-0.15, -0.1) is 0 Å². The van der Waals surface area contributed by atoms with Gasteiger partial charge < -0.3 is 9.47 Å². The van der Waals surface area contributed by atoms with Crippen LogP contribution >= 0.6 is 0 Å². The average molecular weight is 258 g/mol. The number of methoxy groups -OCH3 is 1. The van der Waals surface area contributed by atoms with Crippen LogP contribution in [-0.2, 0) is 6.42 Å². The third kappa shape index (κ3) is 2.16. The number of hydrogen-bond acceptors (Lipinski definition) is 2. The molecule has 0 saturated carbocycles. The van der Waals surface area contributed by atoms with Gasteiger partial charge in [-0.2, -0.15) is 0 Å². The molecule has 3 heteroatoms. The van der Waals surface area contributed by atoms with Crippen LogP contribution in [-0.4, -0.2) is 13.7 Å². The highest BCUT2D eigenvalue weighted by Crippen LogP contribution is 2.40. The van der Waals surface area contributed by atoms with Gasteiger partial charge in [0.2, 0.25) is 0 Å². The van der Waals surface area contributed by atoms with Crippen molar-refractivity contribution >= 4 is 0 Å². The van der Waals surface area contributed by atoms with E-state index in [9.17, 15) is 4.39 Å². The van der Waals surface area contributed by atoms with Gasteiger partial charge in [0.25, 0.3) is 0 Å². The molecule has 2 aromatic carbocycles. The molecule has 1 aliphatic heterocycles. The van der Waals surface area contributed by atoms with Crippen LogP contribution in [0.5, 0.6) is 11.5 Å². The smallest absolute Gasteiger partial charge is 0.130 e. The minimum Gasteiger partial charge on any atom is -0.496 e. The topological polar surface area (TPSA) is 18.5 Å². The van der Waals surface area contributed by atoms with Crippen LogP contribution in [0.1, 0.15) is 12.0 Å². The maximum atomic E-state index is 13.5. The van der Waals surface area contributed by atoms with Crippen molar-refractivity contribution in [2.75, 3.05) is 13.7 Å². The number of benzene rings is 2. The molecule has 0 bridgehead atoms. The Kier molecular flexibility index (Phi) is 3.11. The highest BCUT2D eigenvalue weighted by Gasteiger charge is 2.18. The molecule has 98 valence electrons. The number of fused-ring (bicyclic) bond motifs is 1. The number of para-hydroxylation sites is 1. The number of rotatable bonds is 2. The molecular formula is C16H15FO2. The molecule has 1 aliphatic rings. The maximum Gasteiger partial charge on any atom is 0.130 e. The van der Waals surface area contributed by atoms with Crippen molar-refractivity contribution in [3.63, 3.8) is 0 Å². The van der Waals surface area contributed by atoms with Gasteiger partial charge in [0.1, 0.15) is 17.3 Å². The molecule has 0 amide bonds. The molecule has 0 unspecified atom stereocenters. The fourth-order valence-corrected chi connectivity index (χ4v) is 2.49. The van der Waals surface area contributed by atoms with E-state index in [4.69, 9.17) is 9.47 Å². The largest absolute Gasteiger partial charge is 0.496 e. The lowest BCUT2D eigenvalue weighted by Gasteiger charge is -2.21. The van der Waals surface area contributed by atoms with Gasteiger partial charge in [0.05, 0.1) is 13.7 Å². The third-order valence-corrected chi connectivity index (χ3v) is 3.39. The van der Waals surface area contributed by atoms with Gasteiger partial charge >= 0.3 is 0 Å². The summed E-state index contributed by atoms with van der Waals surface area (Å²) in [6, 6.07) is 10.5. The summed E-state index contributed by atoms with van der Waals surface area (Å²) < 4.78 is 24.6. The van der Waals surface area contributed by atoms with Crippen molar-refractivity contribution in [2.45, 2.75) is 12.8 Å². The molecule has 0 N–H and O–H groups in total. The van der Waals surface area contributed by atoms with Crippen LogP contribution in [0, 0.1) is 5.82 Å². The molecule has 0 aromatic heterocycles. The van der Waals surface area contributed by atoms with Crippen LogP contribution in [0.4, 0.5) is 4.39 Å². The second-order valence-corrected chi connectivity index (χ2v) is 4.59. The Bertz CT molecular complexity index is 608. The molecule has 2 nitrogen and oxygen atoms in total. The van der Waals surface area contributed by atoms with E-state index in [-0.39, 0.29) is 5.82 Å². The molecule has 19 heavy (non-hydrogen) atoms. The lowest BCUT2D eigenvalue weighted by Crippen LogP contribution is -2.09. The second-order valence-electron chi connectivity index (χ2n) is 4.59. The van der Waals surface area contributed by atoms with E-state index in [1.54, 1.807) is 13.2 Å². The molecule has 0 spiro atoms. The van der Waals surface area contributed by atoms with E-state index in [1.807, 2.05) is 12.1 Å². The Morgan fingerprint density at radius 2 is 2.05 bits per heavy atom. The summed E-state index contributed by atoms with van der Waals surface area (Å²) in [5.41, 5.74) is 2.81. The first kappa shape index (κ1) is 12.0. The zero-order valence-electron chi connectivity index (χ0n) is 10.8. The molecule has 1 heterocycles. The number of ether oxygens (including phenoxy) is 2. The Balaban J connectivity index is 2.19. The first-order valence-electron chi connectivity index (χ1n) is 6.38. The molecule has 0 saturated heterocycles. The third-order valence-electron chi connectivity index (χ3n) is 3.39. The summed E-state index contributed by atoms with van der Waals surface area (Å²) in [5.74, 6) is 1.24. The normalized spacial score (nSPS) is 13.6. The second kappa shape index (κ2) is 4.92. The van der Waals surface area contributed by atoms with Crippen LogP contribution in [0.15, 0.2) is 36.4 Å². The summed E-state index contributed by atoms with van der Waals surface area (Å²) in [6.07, 6.45) is 2.03. The Morgan fingerprint density at radius 1 is 1.16 bits per heavy atom. The van der Waals surface area contributed by atoms with E-state index in [0.29, 0.717) is 12.4 Å². The van der Waals surface area contributed by atoms with Gasteiger partial charge in [-0.3, -0.25) is 0 Å². The van der Waals surface area contributed by atoms with E-state index in [2.05, 4.69) is 6.07 Å². The lowest BCUT2D eigenvalue weighted by molar-refractivity contribution is 0.289. The summed E-state index contributed by atoms with van der Waals surface area (Å²) in [5, 5.41) is 0. The van der Waals surface area contributed by atoms with Crippen LogP contribution < -0.4 is 9.47 Å². The van der Waals surface area contributed by atoms with Crippen molar-refractivity contribution in [1.82, 2.24) is 0 Å². The van der Waals surface area contributed by atoms with E-state index >= 15 is 0 Å². The van der Waals surface area contributed by atoms with Gasteiger partial charge in [0.15, 0.2) is 0 Å². The zero-order chi connectivity index (χ0) is 13.2. The van der Waals surface area contributed by atoms with Gasteiger partial charge in [-0.1, -0.05) is 18.2 Å². The predicted octanol–water partition coefficient (Wildman–Crippen LogP) is 3.83. The van der Waals surface area contributed by atoms with Crippen molar-refractivity contribution in [3.05, 3.63) is 47.8 Å². The van der Waals surface area contributed by atoms with Gasteiger partial charge in [0, 0.05) is 11.1 Å². The first-order valence-corrected chi connectivity index (χ1v) is 6.38. The predicted molar refractivity (Wildman–Crippen MR) is 72.2 cm³/mol. The Hall–Kier alpha value is -2.03. The van der Waals surface area contributed by atoms with E-state index in [0.717, 1.165) is 29.7 Å². The quantitative estimate of drug-likeness (QED) is 0.815. The van der Waals surface area contributed by atoms with Crippen LogP contribution in [0.25, 0.3) is 11.1 Å². The highest BCUT2D eigenvalue weighted by atomic mass is 19.1. The highest BCUT2D eigenvalue weighted by molar-refractivity contribution is 5.77. The summed E-state index contributed by atoms with van der Waals surface area (Å²) in [7, 11) is 1.59. The number of halogens is 1. The lowest BCUT2D eigenvalue weighted by atomic mass is 9.97. The average Bonchev–Trinajstić information content (AvgIpc) is 2.46. The molecular weight excluding hydrogens is 243 g/mol. The molecule has 0 fully saturated rings. The maximum absolute atomic E-state index is 13.5. The monoisotopic (exact) mass is 258 g/mol. The molecule has 2 aromatic rings. The molecule has 0 radical (unpaired) electrons. The van der Waals surface area contributed by atoms with Crippen molar-refractivity contribution in [2.24, 2.45) is 0 Å². The van der Waals surface area contributed by atoms with Crippen LogP contribution in [0.2, 0.25) is 0 Å². The van der Waals surface area contributed by atoms with Crippen LogP contribution in [0.3, 0.4) is 0 Å². The van der Waals surface area contributed by atoms with E-state index < -0.39 is 0 Å². The molecule has 0 aliphatic carbocycles. The SMILES string of the molecule is COc1ccc(F)cc1-c1cccc2c1OCCC2. The molecule has 3 rings (SSSR count). The fraction of sp³-hybridized carbons (Fsp3) is 0.250. The minimum atomic E-state index is -0.274. The standard InChI is InChI=1S/C16H15FO2/c1-18-15-8-7-12(17)10-14(15)13-6-2-4-11-5-3-9-19-16(11)13/h2,4,6-8,10H,3,5,9H2,1H3. The van der Waals surface area contributed by atoms with E-state index in [1.165, 1.54) is 17.7 Å².